The van der Waals surface area contributed by atoms with Gasteiger partial charge in [-0.15, -0.1) is 5.10 Å². The predicted octanol–water partition coefficient (Wildman–Crippen LogP) is 0.677. The van der Waals surface area contributed by atoms with Crippen LogP contribution >= 0.6 is 0 Å². The first-order chi connectivity index (χ1) is 10.6. The number of carbonyl (C=O) groups is 1. The fraction of sp³-hybridized carbons (Fsp3) is 0.400. The number of aromatic nitrogens is 3. The second-order valence-electron chi connectivity index (χ2n) is 5.52. The zero-order chi connectivity index (χ0) is 15.7. The Morgan fingerprint density at radius 1 is 1.18 bits per heavy atom. The summed E-state index contributed by atoms with van der Waals surface area (Å²) >= 11 is 0. The first kappa shape index (κ1) is 14.4. The number of nitrogens with zero attached hydrogens (tertiary/aromatic N) is 3. The van der Waals surface area contributed by atoms with Crippen molar-refractivity contribution in [2.45, 2.75) is 13.8 Å². The zero-order valence-electron chi connectivity index (χ0n) is 12.7. The summed E-state index contributed by atoms with van der Waals surface area (Å²) in [5.41, 5.74) is 3.31. The molecule has 1 fully saturated rings. The number of rotatable bonds is 2. The van der Waals surface area contributed by atoms with E-state index >= 15 is 0 Å². The number of benzene rings is 1. The van der Waals surface area contributed by atoms with Crippen molar-refractivity contribution in [1.29, 1.82) is 0 Å². The average molecular weight is 301 g/mol. The molecule has 1 amide bonds. The molecule has 2 N–H and O–H groups in total. The van der Waals surface area contributed by atoms with Crippen LogP contribution in [0.1, 0.15) is 21.7 Å². The number of anilines is 1. The van der Waals surface area contributed by atoms with Crippen molar-refractivity contribution < 1.29 is 4.79 Å². The quantitative estimate of drug-likeness (QED) is 0.854. The molecule has 0 aliphatic carbocycles. The minimum atomic E-state index is -0.461. The highest BCUT2D eigenvalue weighted by Gasteiger charge is 2.24. The highest BCUT2D eigenvalue weighted by Crippen LogP contribution is 2.23. The van der Waals surface area contributed by atoms with Gasteiger partial charge in [0.15, 0.2) is 0 Å². The number of aryl methyl sites for hydroxylation is 1. The second kappa shape index (κ2) is 5.67. The fourth-order valence-corrected chi connectivity index (χ4v) is 2.75. The third-order valence-electron chi connectivity index (χ3n) is 4.19. The highest BCUT2D eigenvalue weighted by atomic mass is 16.2. The first-order valence-electron chi connectivity index (χ1n) is 7.31. The van der Waals surface area contributed by atoms with Crippen LogP contribution in [0.3, 0.4) is 0 Å². The lowest BCUT2D eigenvalue weighted by Crippen LogP contribution is -2.49. The Morgan fingerprint density at radius 3 is 2.55 bits per heavy atom. The van der Waals surface area contributed by atoms with E-state index in [0.717, 1.165) is 13.1 Å². The number of aromatic amines is 2. The van der Waals surface area contributed by atoms with E-state index in [9.17, 15) is 9.59 Å². The lowest BCUT2D eigenvalue weighted by atomic mass is 10.1. The van der Waals surface area contributed by atoms with E-state index in [1.807, 2.05) is 0 Å². The molecule has 1 aliphatic rings. The molecule has 3 rings (SSSR count). The van der Waals surface area contributed by atoms with Gasteiger partial charge >= 0.3 is 5.69 Å². The van der Waals surface area contributed by atoms with E-state index in [1.54, 1.807) is 4.90 Å². The van der Waals surface area contributed by atoms with Crippen LogP contribution in [0.25, 0.3) is 0 Å². The van der Waals surface area contributed by atoms with Crippen molar-refractivity contribution in [3.05, 3.63) is 45.6 Å². The van der Waals surface area contributed by atoms with E-state index in [1.165, 1.54) is 16.8 Å². The maximum absolute atomic E-state index is 12.2. The molecule has 7 nitrogen and oxygen atoms in total. The van der Waals surface area contributed by atoms with Gasteiger partial charge in [0.1, 0.15) is 0 Å². The molecule has 0 unspecified atom stereocenters. The van der Waals surface area contributed by atoms with E-state index in [4.69, 9.17) is 0 Å². The number of H-pyrrole nitrogens is 2. The van der Waals surface area contributed by atoms with Gasteiger partial charge < -0.3 is 9.80 Å². The SMILES string of the molecule is Cc1cccc(N2CCN(C(=O)c3n[nH]c(=O)[nH]3)CC2)c1C. The van der Waals surface area contributed by atoms with Gasteiger partial charge in [0.2, 0.25) is 5.82 Å². The Kier molecular flexibility index (Phi) is 3.70. The van der Waals surface area contributed by atoms with E-state index < -0.39 is 5.69 Å². The second-order valence-corrected chi connectivity index (χ2v) is 5.52. The normalized spacial score (nSPS) is 15.2. The van der Waals surface area contributed by atoms with Gasteiger partial charge in [0, 0.05) is 31.9 Å². The van der Waals surface area contributed by atoms with Crippen molar-refractivity contribution in [2.24, 2.45) is 0 Å². The summed E-state index contributed by atoms with van der Waals surface area (Å²) in [6, 6.07) is 6.28. The summed E-state index contributed by atoms with van der Waals surface area (Å²) < 4.78 is 0. The van der Waals surface area contributed by atoms with Gasteiger partial charge in [-0.25, -0.2) is 9.89 Å². The number of amides is 1. The average Bonchev–Trinajstić information content (AvgIpc) is 2.96. The Bertz CT molecular complexity index is 740. The molecule has 0 atom stereocenters. The van der Waals surface area contributed by atoms with Crippen molar-refractivity contribution in [3.8, 4) is 0 Å². The maximum Gasteiger partial charge on any atom is 0.341 e. The lowest BCUT2D eigenvalue weighted by molar-refractivity contribution is 0.0735. The van der Waals surface area contributed by atoms with Crippen molar-refractivity contribution in [2.75, 3.05) is 31.1 Å². The maximum atomic E-state index is 12.2. The Labute approximate surface area is 127 Å². The van der Waals surface area contributed by atoms with Crippen LogP contribution in [-0.2, 0) is 0 Å². The smallest absolute Gasteiger partial charge is 0.341 e. The topological polar surface area (TPSA) is 85.1 Å². The molecule has 116 valence electrons. The predicted molar refractivity (Wildman–Crippen MR) is 83.2 cm³/mol. The highest BCUT2D eigenvalue weighted by molar-refractivity contribution is 5.90. The van der Waals surface area contributed by atoms with Gasteiger partial charge in [-0.3, -0.25) is 9.78 Å². The van der Waals surface area contributed by atoms with E-state index in [-0.39, 0.29) is 11.7 Å². The van der Waals surface area contributed by atoms with Crippen LogP contribution in [-0.4, -0.2) is 52.2 Å². The van der Waals surface area contributed by atoms with Gasteiger partial charge in [0.25, 0.3) is 5.91 Å². The number of hydrogen-bond donors (Lipinski definition) is 2. The summed E-state index contributed by atoms with van der Waals surface area (Å²) in [6.07, 6.45) is 0. The summed E-state index contributed by atoms with van der Waals surface area (Å²) in [5.74, 6) is -0.163. The molecule has 1 saturated heterocycles. The molecule has 0 radical (unpaired) electrons. The number of piperazine rings is 1. The monoisotopic (exact) mass is 301 g/mol. The largest absolute Gasteiger partial charge is 0.368 e. The van der Waals surface area contributed by atoms with Crippen LogP contribution in [0.2, 0.25) is 0 Å². The summed E-state index contributed by atoms with van der Waals surface area (Å²) in [4.78, 5) is 29.7. The van der Waals surface area contributed by atoms with Crippen molar-refractivity contribution >= 4 is 11.6 Å². The Hall–Kier alpha value is -2.57. The summed E-state index contributed by atoms with van der Waals surface area (Å²) in [6.45, 7) is 6.99. The molecule has 2 aromatic rings. The Balaban J connectivity index is 1.69. The third kappa shape index (κ3) is 2.61. The molecule has 0 saturated carbocycles. The standard InChI is InChI=1S/C15H19N5O2/c1-10-4-3-5-12(11(10)2)19-6-8-20(9-7-19)14(21)13-16-15(22)18-17-13/h3-5H,6-9H2,1-2H3,(H2,16,17,18,22). The van der Waals surface area contributed by atoms with Crippen molar-refractivity contribution in [3.63, 3.8) is 0 Å². The third-order valence-corrected chi connectivity index (χ3v) is 4.19. The van der Waals surface area contributed by atoms with E-state index in [2.05, 4.69) is 52.1 Å². The molecular formula is C15H19N5O2. The van der Waals surface area contributed by atoms with Crippen molar-refractivity contribution in [1.82, 2.24) is 20.1 Å². The molecule has 7 heteroatoms. The lowest BCUT2D eigenvalue weighted by Gasteiger charge is -2.36. The number of nitrogens with one attached hydrogen (secondary N) is 2. The van der Waals surface area contributed by atoms with Crippen LogP contribution in [0.5, 0.6) is 0 Å². The number of carbonyl (C=O) groups excluding carboxylic acids is 1. The molecule has 1 aromatic heterocycles. The summed E-state index contributed by atoms with van der Waals surface area (Å²) in [7, 11) is 0. The number of hydrogen-bond acceptors (Lipinski definition) is 4. The molecule has 1 aromatic carbocycles. The molecule has 0 bridgehead atoms. The van der Waals surface area contributed by atoms with Crippen LogP contribution in [0.15, 0.2) is 23.0 Å². The van der Waals surface area contributed by atoms with Crippen LogP contribution < -0.4 is 10.6 Å². The van der Waals surface area contributed by atoms with Crippen LogP contribution in [0.4, 0.5) is 5.69 Å². The first-order valence-corrected chi connectivity index (χ1v) is 7.31. The minimum Gasteiger partial charge on any atom is -0.368 e. The van der Waals surface area contributed by atoms with Gasteiger partial charge in [0.05, 0.1) is 0 Å². The zero-order valence-corrected chi connectivity index (χ0v) is 12.7. The molecular weight excluding hydrogens is 282 g/mol. The molecule has 1 aliphatic heterocycles. The molecule has 2 heterocycles. The van der Waals surface area contributed by atoms with E-state index in [0.29, 0.717) is 13.1 Å². The van der Waals surface area contributed by atoms with Gasteiger partial charge in [-0.1, -0.05) is 12.1 Å². The van der Waals surface area contributed by atoms with Crippen LogP contribution in [0, 0.1) is 13.8 Å². The molecule has 22 heavy (non-hydrogen) atoms. The molecule has 0 spiro atoms. The van der Waals surface area contributed by atoms with Gasteiger partial charge in [-0.2, -0.15) is 0 Å². The van der Waals surface area contributed by atoms with Gasteiger partial charge in [-0.05, 0) is 31.0 Å². The minimum absolute atomic E-state index is 0.0742. The summed E-state index contributed by atoms with van der Waals surface area (Å²) in [5, 5.41) is 5.91. The Morgan fingerprint density at radius 2 is 1.91 bits per heavy atom. The fourth-order valence-electron chi connectivity index (χ4n) is 2.75.